The summed E-state index contributed by atoms with van der Waals surface area (Å²) in [7, 11) is 1.37. The molecule has 1 amide bonds. The van der Waals surface area contributed by atoms with Crippen molar-refractivity contribution < 1.29 is 19.1 Å². The van der Waals surface area contributed by atoms with E-state index < -0.39 is 6.04 Å². The summed E-state index contributed by atoms with van der Waals surface area (Å²) >= 11 is 1.59. The summed E-state index contributed by atoms with van der Waals surface area (Å²) in [4.78, 5) is 26.0. The van der Waals surface area contributed by atoms with Crippen molar-refractivity contribution in [3.05, 3.63) is 35.9 Å². The van der Waals surface area contributed by atoms with Gasteiger partial charge in [-0.15, -0.1) is 11.8 Å². The molecule has 28 heavy (non-hydrogen) atoms. The molecule has 0 bridgehead atoms. The number of benzene rings is 1. The molecule has 154 valence electrons. The normalized spacial score (nSPS) is 24.9. The largest absolute Gasteiger partial charge is 0.467 e. The van der Waals surface area contributed by atoms with Crippen LogP contribution in [0.5, 0.6) is 0 Å². The monoisotopic (exact) mass is 406 g/mol. The van der Waals surface area contributed by atoms with Crippen molar-refractivity contribution in [2.45, 2.75) is 56.9 Å². The first-order valence-corrected chi connectivity index (χ1v) is 11.2. The second-order valence-electron chi connectivity index (χ2n) is 7.33. The molecular formula is C21H30N2O4S. The predicted octanol–water partition coefficient (Wildman–Crippen LogP) is 2.57. The zero-order valence-corrected chi connectivity index (χ0v) is 17.3. The van der Waals surface area contributed by atoms with E-state index in [0.717, 1.165) is 12.8 Å². The van der Waals surface area contributed by atoms with Crippen molar-refractivity contribution in [2.24, 2.45) is 0 Å². The lowest BCUT2D eigenvalue weighted by Gasteiger charge is -2.32. The number of rotatable bonds is 8. The Hall–Kier alpha value is -1.57. The molecule has 1 heterocycles. The van der Waals surface area contributed by atoms with E-state index in [0.29, 0.717) is 31.2 Å². The van der Waals surface area contributed by atoms with Crippen molar-refractivity contribution in [1.82, 2.24) is 10.2 Å². The number of hydrogen-bond acceptors (Lipinski definition) is 6. The van der Waals surface area contributed by atoms with Crippen LogP contribution in [0.15, 0.2) is 30.3 Å². The van der Waals surface area contributed by atoms with E-state index in [4.69, 9.17) is 9.47 Å². The molecule has 1 N–H and O–H groups in total. The van der Waals surface area contributed by atoms with Crippen molar-refractivity contribution in [3.8, 4) is 0 Å². The van der Waals surface area contributed by atoms with Gasteiger partial charge in [0, 0.05) is 24.8 Å². The number of methoxy groups -OCH3 is 1. The maximum absolute atomic E-state index is 12.5. The highest BCUT2D eigenvalue weighted by Gasteiger charge is 2.35. The topological polar surface area (TPSA) is 67.9 Å². The number of carbonyl (C=O) groups excluding carboxylic acids is 2. The van der Waals surface area contributed by atoms with Gasteiger partial charge in [-0.3, -0.25) is 4.79 Å². The SMILES string of the molecule is COC(=O)[C@@H]1CSCN1C(=O)CCN[C@H]1CCCC[C@@H]1OCc1ccccc1. The van der Waals surface area contributed by atoms with E-state index in [1.54, 1.807) is 16.7 Å². The van der Waals surface area contributed by atoms with Gasteiger partial charge in [-0.1, -0.05) is 43.2 Å². The molecule has 1 aliphatic carbocycles. The number of esters is 1. The van der Waals surface area contributed by atoms with Gasteiger partial charge in [0.25, 0.3) is 0 Å². The van der Waals surface area contributed by atoms with E-state index in [1.165, 1.54) is 25.5 Å². The summed E-state index contributed by atoms with van der Waals surface area (Å²) in [6, 6.07) is 10.0. The Morgan fingerprint density at radius 2 is 2.00 bits per heavy atom. The number of amides is 1. The Balaban J connectivity index is 1.44. The fraction of sp³-hybridized carbons (Fsp3) is 0.619. The second kappa shape index (κ2) is 10.8. The fourth-order valence-corrected chi connectivity index (χ4v) is 5.00. The van der Waals surface area contributed by atoms with Crippen molar-refractivity contribution >= 4 is 23.6 Å². The average molecular weight is 407 g/mol. The molecule has 2 aliphatic rings. The number of carbonyl (C=O) groups is 2. The van der Waals surface area contributed by atoms with Gasteiger partial charge in [0.05, 0.1) is 25.7 Å². The van der Waals surface area contributed by atoms with E-state index in [1.807, 2.05) is 18.2 Å². The molecule has 3 atom stereocenters. The summed E-state index contributed by atoms with van der Waals surface area (Å²) in [6.07, 6.45) is 5.04. The minimum absolute atomic E-state index is 0.00506. The lowest BCUT2D eigenvalue weighted by molar-refractivity contribution is -0.150. The Morgan fingerprint density at radius 3 is 2.79 bits per heavy atom. The molecule has 0 radical (unpaired) electrons. The van der Waals surface area contributed by atoms with Gasteiger partial charge in [0.2, 0.25) is 5.91 Å². The Kier molecular flexibility index (Phi) is 8.18. The maximum atomic E-state index is 12.5. The zero-order chi connectivity index (χ0) is 19.8. The molecule has 1 aromatic carbocycles. The molecule has 1 aliphatic heterocycles. The number of nitrogens with one attached hydrogen (secondary N) is 1. The molecule has 0 aromatic heterocycles. The van der Waals surface area contributed by atoms with Crippen LogP contribution in [0, 0.1) is 0 Å². The smallest absolute Gasteiger partial charge is 0.329 e. The Labute approximate surface area is 171 Å². The van der Waals surface area contributed by atoms with Crippen LogP contribution in [0.4, 0.5) is 0 Å². The third kappa shape index (κ3) is 5.72. The molecule has 1 saturated heterocycles. The Morgan fingerprint density at radius 1 is 1.21 bits per heavy atom. The quantitative estimate of drug-likeness (QED) is 0.670. The van der Waals surface area contributed by atoms with Crippen LogP contribution in [0.1, 0.15) is 37.7 Å². The first-order valence-electron chi connectivity index (χ1n) is 10.0. The molecule has 1 saturated carbocycles. The van der Waals surface area contributed by atoms with E-state index in [2.05, 4.69) is 17.4 Å². The minimum Gasteiger partial charge on any atom is -0.467 e. The first-order chi connectivity index (χ1) is 13.7. The predicted molar refractivity (Wildman–Crippen MR) is 110 cm³/mol. The summed E-state index contributed by atoms with van der Waals surface area (Å²) in [5.41, 5.74) is 1.18. The van der Waals surface area contributed by atoms with Gasteiger partial charge in [-0.2, -0.15) is 0 Å². The zero-order valence-electron chi connectivity index (χ0n) is 16.5. The number of thioether (sulfide) groups is 1. The first kappa shape index (κ1) is 21.1. The minimum atomic E-state index is -0.445. The lowest BCUT2D eigenvalue weighted by atomic mass is 9.92. The van der Waals surface area contributed by atoms with Crippen molar-refractivity contribution in [1.29, 1.82) is 0 Å². The molecular weight excluding hydrogens is 376 g/mol. The average Bonchev–Trinajstić information content (AvgIpc) is 3.23. The lowest BCUT2D eigenvalue weighted by Crippen LogP contribution is -2.46. The molecule has 0 spiro atoms. The van der Waals surface area contributed by atoms with Crippen LogP contribution in [0.25, 0.3) is 0 Å². The maximum Gasteiger partial charge on any atom is 0.329 e. The molecule has 7 heteroatoms. The van der Waals surface area contributed by atoms with Gasteiger partial charge in [0.15, 0.2) is 0 Å². The highest BCUT2D eigenvalue weighted by molar-refractivity contribution is 7.99. The molecule has 2 fully saturated rings. The van der Waals surface area contributed by atoms with Crippen LogP contribution in [-0.2, 0) is 25.7 Å². The highest BCUT2D eigenvalue weighted by Crippen LogP contribution is 2.24. The third-order valence-corrected chi connectivity index (χ3v) is 6.44. The van der Waals surface area contributed by atoms with E-state index in [-0.39, 0.29) is 24.0 Å². The van der Waals surface area contributed by atoms with Gasteiger partial charge in [-0.25, -0.2) is 4.79 Å². The number of hydrogen-bond donors (Lipinski definition) is 1. The van der Waals surface area contributed by atoms with Crippen molar-refractivity contribution in [2.75, 3.05) is 25.3 Å². The van der Waals surface area contributed by atoms with E-state index >= 15 is 0 Å². The molecule has 6 nitrogen and oxygen atoms in total. The molecule has 0 unspecified atom stereocenters. The standard InChI is InChI=1S/C21H30N2O4S/c1-26-21(25)18-14-28-15-23(18)20(24)11-12-22-17-9-5-6-10-19(17)27-13-16-7-3-2-4-8-16/h2-4,7-8,17-19,22H,5-6,9-15H2,1H3/t17-,18-,19-/m0/s1. The second-order valence-corrected chi connectivity index (χ2v) is 8.33. The van der Waals surface area contributed by atoms with Crippen LogP contribution in [-0.4, -0.2) is 60.2 Å². The molecule has 1 aromatic rings. The Bertz CT molecular complexity index is 643. The van der Waals surface area contributed by atoms with Gasteiger partial charge >= 0.3 is 5.97 Å². The fourth-order valence-electron chi connectivity index (χ4n) is 3.84. The van der Waals surface area contributed by atoms with Crippen LogP contribution < -0.4 is 5.32 Å². The number of nitrogens with zero attached hydrogens (tertiary/aromatic N) is 1. The number of ether oxygens (including phenoxy) is 2. The van der Waals surface area contributed by atoms with Gasteiger partial charge in [0.1, 0.15) is 6.04 Å². The van der Waals surface area contributed by atoms with Crippen molar-refractivity contribution in [3.63, 3.8) is 0 Å². The third-order valence-electron chi connectivity index (χ3n) is 5.43. The van der Waals surface area contributed by atoms with Crippen LogP contribution in [0.3, 0.4) is 0 Å². The van der Waals surface area contributed by atoms with E-state index in [9.17, 15) is 9.59 Å². The van der Waals surface area contributed by atoms with Crippen LogP contribution >= 0.6 is 11.8 Å². The van der Waals surface area contributed by atoms with Gasteiger partial charge in [-0.05, 0) is 18.4 Å². The van der Waals surface area contributed by atoms with Gasteiger partial charge < -0.3 is 19.7 Å². The molecule has 3 rings (SSSR count). The van der Waals surface area contributed by atoms with Crippen LogP contribution in [0.2, 0.25) is 0 Å². The highest BCUT2D eigenvalue weighted by atomic mass is 32.2. The summed E-state index contributed by atoms with van der Waals surface area (Å²) in [6.45, 7) is 1.22. The summed E-state index contributed by atoms with van der Waals surface area (Å²) in [5, 5.41) is 3.52. The summed E-state index contributed by atoms with van der Waals surface area (Å²) < 4.78 is 11.0. The summed E-state index contributed by atoms with van der Waals surface area (Å²) in [5.74, 6) is 0.854.